The van der Waals surface area contributed by atoms with E-state index >= 15 is 0 Å². The van der Waals surface area contributed by atoms with Crippen LogP contribution in [-0.4, -0.2) is 28.2 Å². The topological polar surface area (TPSA) is 42.2 Å². The van der Waals surface area contributed by atoms with E-state index in [1.165, 1.54) is 18.4 Å². The second-order valence-corrected chi connectivity index (χ2v) is 7.27. The third-order valence-corrected chi connectivity index (χ3v) is 5.74. The first-order valence-corrected chi connectivity index (χ1v) is 9.35. The molecular weight excluding hydrogens is 318 g/mol. The van der Waals surface area contributed by atoms with Gasteiger partial charge in [-0.25, -0.2) is 0 Å². The number of benzene rings is 1. The van der Waals surface area contributed by atoms with Gasteiger partial charge in [0.15, 0.2) is 0 Å². The van der Waals surface area contributed by atoms with Crippen molar-refractivity contribution in [3.63, 3.8) is 0 Å². The molecule has 0 amide bonds. The third kappa shape index (κ3) is 3.14. The van der Waals surface area contributed by atoms with Crippen LogP contribution in [0.25, 0.3) is 10.8 Å². The molecule has 5 heteroatoms. The van der Waals surface area contributed by atoms with E-state index in [1.807, 2.05) is 17.5 Å². The molecule has 0 radical (unpaired) electrons. The van der Waals surface area contributed by atoms with E-state index in [0.717, 1.165) is 23.9 Å². The lowest BCUT2D eigenvalue weighted by Gasteiger charge is -2.34. The Labute approximate surface area is 146 Å². The summed E-state index contributed by atoms with van der Waals surface area (Å²) in [6.45, 7) is 4.30. The fourth-order valence-corrected chi connectivity index (χ4v) is 4.05. The molecule has 1 saturated heterocycles. The summed E-state index contributed by atoms with van der Waals surface area (Å²) in [5.41, 5.74) is 1.46. The van der Waals surface area contributed by atoms with Crippen molar-refractivity contribution in [2.24, 2.45) is 0 Å². The Morgan fingerprint density at radius 2 is 1.88 bits per heavy atom. The molecule has 0 saturated carbocycles. The first-order valence-electron chi connectivity index (χ1n) is 8.47. The van der Waals surface area contributed by atoms with Crippen LogP contribution >= 0.6 is 11.3 Å². The summed E-state index contributed by atoms with van der Waals surface area (Å²) in [6.07, 6.45) is 2.36. The summed E-state index contributed by atoms with van der Waals surface area (Å²) in [4.78, 5) is 3.48. The third-order valence-electron chi connectivity index (χ3n) is 4.88. The predicted octanol–water partition coefficient (Wildman–Crippen LogP) is 4.74. The van der Waals surface area contributed by atoms with Crippen molar-refractivity contribution in [2.75, 3.05) is 13.1 Å². The Bertz CT molecular complexity index is 761. The molecule has 0 aliphatic carbocycles. The molecule has 1 aliphatic heterocycles. The molecule has 0 bridgehead atoms. The lowest BCUT2D eigenvalue weighted by molar-refractivity contribution is 0.143. The van der Waals surface area contributed by atoms with Crippen LogP contribution < -0.4 is 0 Å². The van der Waals surface area contributed by atoms with Crippen LogP contribution in [0.5, 0.6) is 0 Å². The number of rotatable bonds is 4. The van der Waals surface area contributed by atoms with Crippen molar-refractivity contribution in [3.8, 4) is 10.8 Å². The molecule has 4 rings (SSSR count). The van der Waals surface area contributed by atoms with Crippen LogP contribution in [0.2, 0.25) is 0 Å². The van der Waals surface area contributed by atoms with E-state index in [0.29, 0.717) is 11.8 Å². The summed E-state index contributed by atoms with van der Waals surface area (Å²) in [5, 5.41) is 10.5. The van der Waals surface area contributed by atoms with Gasteiger partial charge in [0.2, 0.25) is 5.89 Å². The summed E-state index contributed by atoms with van der Waals surface area (Å²) >= 11 is 1.62. The fraction of sp³-hybridized carbons (Fsp3) is 0.368. The first-order chi connectivity index (χ1) is 11.8. The second-order valence-electron chi connectivity index (χ2n) is 6.32. The summed E-state index contributed by atoms with van der Waals surface area (Å²) in [7, 11) is 0. The lowest BCUT2D eigenvalue weighted by atomic mass is 9.89. The number of piperidine rings is 1. The highest BCUT2D eigenvalue weighted by Gasteiger charge is 2.27. The van der Waals surface area contributed by atoms with Gasteiger partial charge in [-0.2, -0.15) is 0 Å². The van der Waals surface area contributed by atoms with Gasteiger partial charge < -0.3 is 4.42 Å². The Balaban J connectivity index is 1.40. The summed E-state index contributed by atoms with van der Waals surface area (Å²) in [6, 6.07) is 15.0. The zero-order chi connectivity index (χ0) is 16.4. The predicted molar refractivity (Wildman–Crippen MR) is 96.0 cm³/mol. The van der Waals surface area contributed by atoms with Crippen LogP contribution in [0.15, 0.2) is 52.3 Å². The van der Waals surface area contributed by atoms with Crippen LogP contribution in [-0.2, 0) is 0 Å². The maximum atomic E-state index is 5.90. The molecule has 1 fully saturated rings. The van der Waals surface area contributed by atoms with Crippen molar-refractivity contribution in [2.45, 2.75) is 31.7 Å². The van der Waals surface area contributed by atoms with Gasteiger partial charge >= 0.3 is 0 Å². The van der Waals surface area contributed by atoms with Gasteiger partial charge in [-0.05, 0) is 55.8 Å². The Morgan fingerprint density at radius 3 is 2.58 bits per heavy atom. The van der Waals surface area contributed by atoms with Crippen LogP contribution in [0.1, 0.15) is 43.2 Å². The molecule has 4 nitrogen and oxygen atoms in total. The van der Waals surface area contributed by atoms with Gasteiger partial charge in [-0.1, -0.05) is 36.4 Å². The number of likely N-dealkylation sites (tertiary alicyclic amines) is 1. The smallest absolute Gasteiger partial charge is 0.257 e. The van der Waals surface area contributed by atoms with E-state index in [1.54, 1.807) is 11.3 Å². The largest absolute Gasteiger partial charge is 0.418 e. The number of thiophene rings is 1. The van der Waals surface area contributed by atoms with Gasteiger partial charge in [0.25, 0.3) is 5.89 Å². The Kier molecular flexibility index (Phi) is 4.45. The minimum absolute atomic E-state index is 0.169. The number of hydrogen-bond acceptors (Lipinski definition) is 5. The maximum absolute atomic E-state index is 5.90. The fourth-order valence-electron chi connectivity index (χ4n) is 3.40. The van der Waals surface area contributed by atoms with Crippen molar-refractivity contribution in [3.05, 3.63) is 59.3 Å². The molecule has 124 valence electrons. The maximum Gasteiger partial charge on any atom is 0.257 e. The van der Waals surface area contributed by atoms with Gasteiger partial charge in [-0.15, -0.1) is 21.5 Å². The molecule has 3 aromatic rings. The average Bonchev–Trinajstić information content (AvgIpc) is 3.33. The number of hydrogen-bond donors (Lipinski definition) is 0. The van der Waals surface area contributed by atoms with Crippen LogP contribution in [0.4, 0.5) is 0 Å². The monoisotopic (exact) mass is 339 g/mol. The molecular formula is C19H21N3OS. The van der Waals surface area contributed by atoms with Crippen molar-refractivity contribution < 1.29 is 4.42 Å². The average molecular weight is 339 g/mol. The SMILES string of the molecule is CC(c1nnc(-c2cccs2)o1)N1CCC(c2ccccc2)CC1. The van der Waals surface area contributed by atoms with Gasteiger partial charge in [0.1, 0.15) is 0 Å². The molecule has 1 aliphatic rings. The van der Waals surface area contributed by atoms with E-state index in [9.17, 15) is 0 Å². The van der Waals surface area contributed by atoms with E-state index < -0.39 is 0 Å². The molecule has 0 spiro atoms. The van der Waals surface area contributed by atoms with Crippen molar-refractivity contribution in [1.29, 1.82) is 0 Å². The Hall–Kier alpha value is -1.98. The highest BCUT2D eigenvalue weighted by molar-refractivity contribution is 7.13. The van der Waals surface area contributed by atoms with E-state index in [-0.39, 0.29) is 6.04 Å². The minimum atomic E-state index is 0.169. The highest BCUT2D eigenvalue weighted by Crippen LogP contribution is 2.32. The Morgan fingerprint density at radius 1 is 1.08 bits per heavy atom. The standard InChI is InChI=1S/C19H21N3OS/c1-14(18-20-21-19(23-18)17-8-5-13-24-17)22-11-9-16(10-12-22)15-6-3-2-4-7-15/h2-8,13-14,16H,9-12H2,1H3. The molecule has 1 atom stereocenters. The summed E-state index contributed by atoms with van der Waals surface area (Å²) < 4.78 is 5.90. The molecule has 3 heterocycles. The molecule has 0 N–H and O–H groups in total. The minimum Gasteiger partial charge on any atom is -0.418 e. The van der Waals surface area contributed by atoms with Gasteiger partial charge in [-0.3, -0.25) is 4.90 Å². The zero-order valence-electron chi connectivity index (χ0n) is 13.8. The van der Waals surface area contributed by atoms with Crippen molar-refractivity contribution >= 4 is 11.3 Å². The van der Waals surface area contributed by atoms with Crippen LogP contribution in [0.3, 0.4) is 0 Å². The molecule has 2 aromatic heterocycles. The van der Waals surface area contributed by atoms with Gasteiger partial charge in [0.05, 0.1) is 10.9 Å². The molecule has 1 aromatic carbocycles. The first kappa shape index (κ1) is 15.5. The number of aromatic nitrogens is 2. The van der Waals surface area contributed by atoms with Crippen LogP contribution in [0, 0.1) is 0 Å². The van der Waals surface area contributed by atoms with E-state index in [4.69, 9.17) is 4.42 Å². The van der Waals surface area contributed by atoms with Gasteiger partial charge in [0, 0.05) is 0 Å². The zero-order valence-corrected chi connectivity index (χ0v) is 14.6. The van der Waals surface area contributed by atoms with E-state index in [2.05, 4.69) is 52.4 Å². The molecule has 1 unspecified atom stereocenters. The number of nitrogens with zero attached hydrogens (tertiary/aromatic N) is 3. The quantitative estimate of drug-likeness (QED) is 0.688. The lowest BCUT2D eigenvalue weighted by Crippen LogP contribution is -2.35. The second kappa shape index (κ2) is 6.87. The highest BCUT2D eigenvalue weighted by atomic mass is 32.1. The molecule has 24 heavy (non-hydrogen) atoms. The normalized spacial score (nSPS) is 17.9. The van der Waals surface area contributed by atoms with Crippen molar-refractivity contribution in [1.82, 2.24) is 15.1 Å². The summed E-state index contributed by atoms with van der Waals surface area (Å²) in [5.74, 6) is 2.02.